The summed E-state index contributed by atoms with van der Waals surface area (Å²) in [4.78, 5) is 4.25. The van der Waals surface area contributed by atoms with Gasteiger partial charge in [-0.3, -0.25) is 4.68 Å². The maximum Gasteiger partial charge on any atom is 0.164 e. The molecule has 0 amide bonds. The minimum Gasteiger partial charge on any atom is -0.308 e. The van der Waals surface area contributed by atoms with Gasteiger partial charge >= 0.3 is 0 Å². The van der Waals surface area contributed by atoms with Gasteiger partial charge in [-0.1, -0.05) is 13.8 Å². The van der Waals surface area contributed by atoms with E-state index >= 15 is 0 Å². The Morgan fingerprint density at radius 2 is 2.33 bits per heavy atom. The molecule has 0 unspecified atom stereocenters. The van der Waals surface area contributed by atoms with Gasteiger partial charge in [-0.05, 0) is 18.4 Å². The van der Waals surface area contributed by atoms with Gasteiger partial charge in [-0.15, -0.1) is 0 Å². The van der Waals surface area contributed by atoms with E-state index in [9.17, 15) is 0 Å². The molecule has 1 N–H and O–H groups in total. The van der Waals surface area contributed by atoms with Crippen molar-refractivity contribution in [3.8, 4) is 0 Å². The predicted octanol–water partition coefficient (Wildman–Crippen LogP) is 1.53. The van der Waals surface area contributed by atoms with Crippen LogP contribution in [-0.2, 0) is 13.1 Å². The van der Waals surface area contributed by atoms with Crippen molar-refractivity contribution in [3.63, 3.8) is 0 Å². The Balaban J connectivity index is 2.29. The Morgan fingerprint density at radius 1 is 1.53 bits per heavy atom. The summed E-state index contributed by atoms with van der Waals surface area (Å²) in [5, 5.41) is 7.69. The van der Waals surface area contributed by atoms with E-state index in [0.717, 1.165) is 25.3 Å². The summed E-state index contributed by atoms with van der Waals surface area (Å²) in [5.74, 6) is 2.06. The van der Waals surface area contributed by atoms with Crippen molar-refractivity contribution < 1.29 is 0 Å². The molecular formula is C10H20N4S. The second-order valence-corrected chi connectivity index (χ2v) is 4.79. The summed E-state index contributed by atoms with van der Waals surface area (Å²) in [6, 6.07) is 0.480. The molecule has 0 aliphatic heterocycles. The molecule has 0 aliphatic rings. The maximum atomic E-state index is 4.39. The third-order valence-electron chi connectivity index (χ3n) is 1.99. The summed E-state index contributed by atoms with van der Waals surface area (Å²) in [5.41, 5.74) is 0. The summed E-state index contributed by atoms with van der Waals surface area (Å²) in [6.07, 6.45) is 5.10. The van der Waals surface area contributed by atoms with Crippen LogP contribution in [0.5, 0.6) is 0 Å². The minimum atomic E-state index is 0.480. The van der Waals surface area contributed by atoms with Gasteiger partial charge in [0, 0.05) is 12.6 Å². The average molecular weight is 228 g/mol. The molecule has 0 aliphatic carbocycles. The highest BCUT2D eigenvalue weighted by atomic mass is 32.2. The number of aryl methyl sites for hydroxylation is 1. The SMILES string of the molecule is CSCCCn1cnc(CNC(C)C)n1. The fourth-order valence-corrected chi connectivity index (χ4v) is 1.61. The average Bonchev–Trinajstić information content (AvgIpc) is 2.63. The molecule has 15 heavy (non-hydrogen) atoms. The number of thioether (sulfide) groups is 1. The summed E-state index contributed by atoms with van der Waals surface area (Å²) >= 11 is 1.87. The second-order valence-electron chi connectivity index (χ2n) is 3.81. The van der Waals surface area contributed by atoms with E-state index in [0.29, 0.717) is 6.04 Å². The summed E-state index contributed by atoms with van der Waals surface area (Å²) in [6.45, 7) is 5.97. The van der Waals surface area contributed by atoms with Gasteiger partial charge in [0.25, 0.3) is 0 Å². The van der Waals surface area contributed by atoms with Gasteiger partial charge in [-0.2, -0.15) is 16.9 Å². The zero-order valence-corrected chi connectivity index (χ0v) is 10.5. The Bertz CT molecular complexity index is 272. The molecule has 5 heteroatoms. The number of hydrogen-bond donors (Lipinski definition) is 1. The van der Waals surface area contributed by atoms with Crippen LogP contribution >= 0.6 is 11.8 Å². The lowest BCUT2D eigenvalue weighted by atomic mass is 10.4. The fraction of sp³-hybridized carbons (Fsp3) is 0.800. The van der Waals surface area contributed by atoms with E-state index < -0.39 is 0 Å². The molecule has 86 valence electrons. The monoisotopic (exact) mass is 228 g/mol. The van der Waals surface area contributed by atoms with Crippen molar-refractivity contribution in [1.29, 1.82) is 0 Å². The molecule has 1 aromatic heterocycles. The smallest absolute Gasteiger partial charge is 0.164 e. The highest BCUT2D eigenvalue weighted by molar-refractivity contribution is 7.98. The van der Waals surface area contributed by atoms with E-state index in [1.807, 2.05) is 22.8 Å². The topological polar surface area (TPSA) is 42.7 Å². The largest absolute Gasteiger partial charge is 0.308 e. The lowest BCUT2D eigenvalue weighted by Crippen LogP contribution is -2.22. The van der Waals surface area contributed by atoms with Crippen molar-refractivity contribution in [3.05, 3.63) is 12.2 Å². The third kappa shape index (κ3) is 5.18. The van der Waals surface area contributed by atoms with Crippen LogP contribution in [0.25, 0.3) is 0 Å². The molecule has 0 fully saturated rings. The number of hydrogen-bond acceptors (Lipinski definition) is 4. The second kappa shape index (κ2) is 6.85. The van der Waals surface area contributed by atoms with Crippen LogP contribution in [0.1, 0.15) is 26.1 Å². The lowest BCUT2D eigenvalue weighted by molar-refractivity contribution is 0.554. The van der Waals surface area contributed by atoms with Crippen LogP contribution in [0, 0.1) is 0 Å². The summed E-state index contributed by atoms with van der Waals surface area (Å²) < 4.78 is 1.92. The Kier molecular flexibility index (Phi) is 5.71. The van der Waals surface area contributed by atoms with E-state index in [1.54, 1.807) is 0 Å². The van der Waals surface area contributed by atoms with E-state index in [4.69, 9.17) is 0 Å². The van der Waals surface area contributed by atoms with Crippen LogP contribution in [0.3, 0.4) is 0 Å². The number of nitrogens with zero attached hydrogens (tertiary/aromatic N) is 3. The first-order valence-corrected chi connectivity index (χ1v) is 6.72. The van der Waals surface area contributed by atoms with Crippen molar-refractivity contribution >= 4 is 11.8 Å². The van der Waals surface area contributed by atoms with Crippen LogP contribution in [0.4, 0.5) is 0 Å². The van der Waals surface area contributed by atoms with Crippen LogP contribution in [0.15, 0.2) is 6.33 Å². The van der Waals surface area contributed by atoms with Crippen LogP contribution in [-0.4, -0.2) is 32.8 Å². The molecule has 0 bridgehead atoms. The van der Waals surface area contributed by atoms with Gasteiger partial charge < -0.3 is 5.32 Å². The Labute approximate surface area is 95.9 Å². The molecule has 0 atom stereocenters. The highest BCUT2D eigenvalue weighted by Gasteiger charge is 2.01. The maximum absolute atomic E-state index is 4.39. The zero-order chi connectivity index (χ0) is 11.1. The van der Waals surface area contributed by atoms with Gasteiger partial charge in [-0.25, -0.2) is 4.98 Å². The van der Waals surface area contributed by atoms with Gasteiger partial charge in [0.1, 0.15) is 6.33 Å². The van der Waals surface area contributed by atoms with Gasteiger partial charge in [0.2, 0.25) is 0 Å². The molecule has 0 radical (unpaired) electrons. The van der Waals surface area contributed by atoms with Crippen molar-refractivity contribution in [2.75, 3.05) is 12.0 Å². The molecule has 1 rings (SSSR count). The lowest BCUT2D eigenvalue weighted by Gasteiger charge is -2.04. The number of nitrogens with one attached hydrogen (secondary N) is 1. The minimum absolute atomic E-state index is 0.480. The quantitative estimate of drug-likeness (QED) is 0.719. The molecule has 0 saturated heterocycles. The van der Waals surface area contributed by atoms with E-state index in [1.165, 1.54) is 5.75 Å². The first-order chi connectivity index (χ1) is 7.22. The van der Waals surface area contributed by atoms with E-state index in [2.05, 4.69) is 35.5 Å². The molecule has 0 saturated carbocycles. The molecule has 4 nitrogen and oxygen atoms in total. The Hall–Kier alpha value is -0.550. The normalized spacial score (nSPS) is 11.2. The van der Waals surface area contributed by atoms with E-state index in [-0.39, 0.29) is 0 Å². The first-order valence-electron chi connectivity index (χ1n) is 5.33. The van der Waals surface area contributed by atoms with Gasteiger partial charge in [0.05, 0.1) is 6.54 Å². The first kappa shape index (κ1) is 12.5. The van der Waals surface area contributed by atoms with Crippen molar-refractivity contribution in [1.82, 2.24) is 20.1 Å². The molecule has 0 spiro atoms. The predicted molar refractivity (Wildman–Crippen MR) is 65.0 cm³/mol. The number of rotatable bonds is 7. The van der Waals surface area contributed by atoms with Crippen LogP contribution in [0.2, 0.25) is 0 Å². The molecule has 0 aromatic carbocycles. The number of aromatic nitrogens is 3. The van der Waals surface area contributed by atoms with Crippen LogP contribution < -0.4 is 5.32 Å². The molecule has 1 heterocycles. The molecule has 1 aromatic rings. The molecular weight excluding hydrogens is 208 g/mol. The fourth-order valence-electron chi connectivity index (χ4n) is 1.19. The van der Waals surface area contributed by atoms with Crippen molar-refractivity contribution in [2.24, 2.45) is 0 Å². The van der Waals surface area contributed by atoms with Crippen molar-refractivity contribution in [2.45, 2.75) is 39.4 Å². The Morgan fingerprint density at radius 3 is 3.00 bits per heavy atom. The zero-order valence-electron chi connectivity index (χ0n) is 9.73. The highest BCUT2D eigenvalue weighted by Crippen LogP contribution is 1.98. The summed E-state index contributed by atoms with van der Waals surface area (Å²) in [7, 11) is 0. The third-order valence-corrected chi connectivity index (χ3v) is 2.68. The standard InChI is InChI=1S/C10H20N4S/c1-9(2)11-7-10-12-8-14(13-10)5-4-6-15-3/h8-9,11H,4-7H2,1-3H3. The van der Waals surface area contributed by atoms with Gasteiger partial charge in [0.15, 0.2) is 5.82 Å².